The summed E-state index contributed by atoms with van der Waals surface area (Å²) in [5.74, 6) is 0.460. The average Bonchev–Trinajstić information content (AvgIpc) is 2.78. The van der Waals surface area contributed by atoms with Crippen LogP contribution in [0.2, 0.25) is 5.02 Å². The lowest BCUT2D eigenvalue weighted by atomic mass is 10.0. The van der Waals surface area contributed by atoms with Gasteiger partial charge >= 0.3 is 0 Å². The van der Waals surface area contributed by atoms with E-state index in [4.69, 9.17) is 11.6 Å². The van der Waals surface area contributed by atoms with Crippen molar-refractivity contribution in [3.05, 3.63) is 50.3 Å². The van der Waals surface area contributed by atoms with Gasteiger partial charge in [-0.15, -0.1) is 11.3 Å². The first kappa shape index (κ1) is 17.0. The van der Waals surface area contributed by atoms with Crippen LogP contribution in [0.5, 0.6) is 0 Å². The Morgan fingerprint density at radius 2 is 1.90 bits per heavy atom. The molecule has 7 heteroatoms. The van der Waals surface area contributed by atoms with Gasteiger partial charge in [0, 0.05) is 6.54 Å². The van der Waals surface area contributed by atoms with Crippen molar-refractivity contribution in [1.29, 1.82) is 0 Å². The Bertz CT molecular complexity index is 704. The van der Waals surface area contributed by atoms with Crippen LogP contribution in [0.3, 0.4) is 0 Å². The van der Waals surface area contributed by atoms with Crippen LogP contribution in [0.4, 0.5) is 0 Å². The molecule has 0 aliphatic carbocycles. The Balaban J connectivity index is 2.08. The summed E-state index contributed by atoms with van der Waals surface area (Å²) >= 11 is 10.2. The number of thiophene rings is 1. The Labute approximate surface area is 142 Å². The van der Waals surface area contributed by atoms with Gasteiger partial charge in [-0.2, -0.15) is 0 Å². The van der Waals surface area contributed by atoms with E-state index in [1.807, 2.05) is 24.3 Å². The molecule has 2 rings (SSSR count). The van der Waals surface area contributed by atoms with Crippen molar-refractivity contribution in [1.82, 2.24) is 4.72 Å². The number of hydrogen-bond donors (Lipinski definition) is 1. The van der Waals surface area contributed by atoms with Crippen LogP contribution >= 0.6 is 38.9 Å². The van der Waals surface area contributed by atoms with Crippen molar-refractivity contribution in [2.45, 2.75) is 30.5 Å². The van der Waals surface area contributed by atoms with Crippen molar-refractivity contribution in [2.75, 3.05) is 0 Å². The third-order valence-corrected chi connectivity index (χ3v) is 7.35. The second-order valence-electron chi connectivity index (χ2n) is 4.91. The molecule has 0 amide bonds. The minimum absolute atomic E-state index is 0.207. The van der Waals surface area contributed by atoms with Crippen LogP contribution in [-0.4, -0.2) is 8.42 Å². The fraction of sp³-hybridized carbons (Fsp3) is 0.286. The molecule has 1 aromatic heterocycles. The van der Waals surface area contributed by atoms with Gasteiger partial charge in [0.05, 0.1) is 8.81 Å². The normalized spacial score (nSPS) is 12.0. The molecule has 2 aromatic rings. The molecule has 0 bridgehead atoms. The maximum absolute atomic E-state index is 12.2. The Kier molecular flexibility index (Phi) is 5.48. The molecule has 3 nitrogen and oxygen atoms in total. The molecule has 114 valence electrons. The van der Waals surface area contributed by atoms with E-state index in [0.717, 1.165) is 16.9 Å². The predicted octanol–water partition coefficient (Wildman–Crippen LogP) is 4.77. The molecule has 1 N–H and O–H groups in total. The number of sulfonamides is 1. The first-order valence-corrected chi connectivity index (χ1v) is 9.80. The van der Waals surface area contributed by atoms with Crippen LogP contribution in [0.15, 0.2) is 38.3 Å². The molecule has 0 radical (unpaired) electrons. The molecule has 0 saturated heterocycles. The summed E-state index contributed by atoms with van der Waals surface area (Å²) in [6.07, 6.45) is 0. The largest absolute Gasteiger partial charge is 0.250 e. The van der Waals surface area contributed by atoms with Gasteiger partial charge < -0.3 is 0 Å². The quantitative estimate of drug-likeness (QED) is 0.775. The monoisotopic (exact) mass is 407 g/mol. The maximum Gasteiger partial charge on any atom is 0.250 e. The van der Waals surface area contributed by atoms with Gasteiger partial charge in [0.1, 0.15) is 4.21 Å². The van der Waals surface area contributed by atoms with E-state index in [0.29, 0.717) is 14.7 Å². The lowest BCUT2D eigenvalue weighted by Crippen LogP contribution is -2.22. The highest BCUT2D eigenvalue weighted by Crippen LogP contribution is 2.34. The minimum atomic E-state index is -3.53. The van der Waals surface area contributed by atoms with Crippen molar-refractivity contribution in [2.24, 2.45) is 0 Å². The molecule has 0 fully saturated rings. The smallest absolute Gasteiger partial charge is 0.206 e. The second kappa shape index (κ2) is 6.79. The summed E-state index contributed by atoms with van der Waals surface area (Å²) in [5.41, 5.74) is 2.15. The van der Waals surface area contributed by atoms with Crippen LogP contribution in [0, 0.1) is 0 Å². The zero-order valence-electron chi connectivity index (χ0n) is 11.6. The topological polar surface area (TPSA) is 46.2 Å². The van der Waals surface area contributed by atoms with E-state index in [9.17, 15) is 8.42 Å². The number of hydrogen-bond acceptors (Lipinski definition) is 3. The van der Waals surface area contributed by atoms with Gasteiger partial charge in [-0.3, -0.25) is 0 Å². The lowest BCUT2D eigenvalue weighted by molar-refractivity contribution is 0.583. The summed E-state index contributed by atoms with van der Waals surface area (Å²) < 4.78 is 27.7. The zero-order valence-corrected chi connectivity index (χ0v) is 15.5. The first-order chi connectivity index (χ1) is 9.79. The van der Waals surface area contributed by atoms with Crippen LogP contribution < -0.4 is 4.72 Å². The van der Waals surface area contributed by atoms with Gasteiger partial charge in [-0.1, -0.05) is 49.7 Å². The van der Waals surface area contributed by atoms with Gasteiger partial charge in [0.2, 0.25) is 10.0 Å². The highest BCUT2D eigenvalue weighted by atomic mass is 79.9. The molecule has 1 heterocycles. The second-order valence-corrected chi connectivity index (χ2v) is 9.68. The standard InChI is InChI=1S/C14H15BrClNO2S2/c1-9(2)11-5-3-10(4-6-11)8-17-21(18,19)13-7-12(16)14(15)20-13/h3-7,9,17H,8H2,1-2H3. The Hall–Kier alpha value is -0.400. The lowest BCUT2D eigenvalue weighted by Gasteiger charge is -2.08. The van der Waals surface area contributed by atoms with E-state index in [-0.39, 0.29) is 10.8 Å². The first-order valence-electron chi connectivity index (χ1n) is 6.33. The molecular weight excluding hydrogens is 394 g/mol. The van der Waals surface area contributed by atoms with E-state index in [2.05, 4.69) is 34.5 Å². The minimum Gasteiger partial charge on any atom is -0.206 e. The molecule has 1 aromatic carbocycles. The number of halogens is 2. The zero-order chi connectivity index (χ0) is 15.6. The fourth-order valence-corrected chi connectivity index (χ4v) is 5.19. The summed E-state index contributed by atoms with van der Waals surface area (Å²) in [5, 5.41) is 0.404. The summed E-state index contributed by atoms with van der Waals surface area (Å²) in [4.78, 5) is 0. The summed E-state index contributed by atoms with van der Waals surface area (Å²) in [6.45, 7) is 4.50. The summed E-state index contributed by atoms with van der Waals surface area (Å²) in [6, 6.07) is 9.37. The number of rotatable bonds is 5. The third-order valence-electron chi connectivity index (χ3n) is 3.00. The maximum atomic E-state index is 12.2. The van der Waals surface area contributed by atoms with Gasteiger partial charge in [0.25, 0.3) is 0 Å². The molecule has 0 atom stereocenters. The third kappa shape index (κ3) is 4.29. The molecular formula is C14H15BrClNO2S2. The predicted molar refractivity (Wildman–Crippen MR) is 91.6 cm³/mol. The number of nitrogens with one attached hydrogen (secondary N) is 1. The van der Waals surface area contributed by atoms with Crippen LogP contribution in [0.1, 0.15) is 30.9 Å². The summed E-state index contributed by atoms with van der Waals surface area (Å²) in [7, 11) is -3.53. The van der Waals surface area contributed by atoms with E-state index >= 15 is 0 Å². The van der Waals surface area contributed by atoms with Gasteiger partial charge in [0.15, 0.2) is 0 Å². The molecule has 0 spiro atoms. The van der Waals surface area contributed by atoms with Crippen LogP contribution in [0.25, 0.3) is 0 Å². The van der Waals surface area contributed by atoms with E-state index in [1.54, 1.807) is 0 Å². The van der Waals surface area contributed by atoms with E-state index in [1.165, 1.54) is 11.6 Å². The molecule has 0 unspecified atom stereocenters. The Morgan fingerprint density at radius 1 is 1.29 bits per heavy atom. The highest BCUT2D eigenvalue weighted by molar-refractivity contribution is 9.11. The SMILES string of the molecule is CC(C)c1ccc(CNS(=O)(=O)c2cc(Cl)c(Br)s2)cc1. The molecule has 0 aliphatic heterocycles. The Morgan fingerprint density at radius 3 is 2.38 bits per heavy atom. The molecule has 0 saturated carbocycles. The average molecular weight is 409 g/mol. The molecule has 21 heavy (non-hydrogen) atoms. The van der Waals surface area contributed by atoms with E-state index < -0.39 is 10.0 Å². The number of benzene rings is 1. The van der Waals surface area contributed by atoms with Crippen LogP contribution in [-0.2, 0) is 16.6 Å². The van der Waals surface area contributed by atoms with Gasteiger partial charge in [-0.05, 0) is 39.0 Å². The van der Waals surface area contributed by atoms with Crippen molar-refractivity contribution in [3.63, 3.8) is 0 Å². The van der Waals surface area contributed by atoms with Crippen molar-refractivity contribution >= 4 is 48.9 Å². The fourth-order valence-electron chi connectivity index (χ4n) is 1.73. The van der Waals surface area contributed by atoms with Crippen molar-refractivity contribution in [3.8, 4) is 0 Å². The highest BCUT2D eigenvalue weighted by Gasteiger charge is 2.18. The molecule has 0 aliphatic rings. The van der Waals surface area contributed by atoms with Gasteiger partial charge in [-0.25, -0.2) is 13.1 Å². The van der Waals surface area contributed by atoms with Crippen molar-refractivity contribution < 1.29 is 8.42 Å².